The first kappa shape index (κ1) is 13.3. The summed E-state index contributed by atoms with van der Waals surface area (Å²) in [6, 6.07) is 6.41. The van der Waals surface area contributed by atoms with Crippen LogP contribution in [0.5, 0.6) is 0 Å². The Labute approximate surface area is 117 Å². The van der Waals surface area contributed by atoms with Gasteiger partial charge in [0.05, 0.1) is 5.52 Å². The van der Waals surface area contributed by atoms with Gasteiger partial charge in [0.2, 0.25) is 0 Å². The smallest absolute Gasteiger partial charge is 0.0870 e. The number of halogens is 1. The van der Waals surface area contributed by atoms with Gasteiger partial charge >= 0.3 is 0 Å². The van der Waals surface area contributed by atoms with Crippen LogP contribution in [0.25, 0.3) is 10.9 Å². The summed E-state index contributed by atoms with van der Waals surface area (Å²) in [4.78, 5) is 4.80. The van der Waals surface area contributed by atoms with E-state index in [4.69, 9.17) is 4.98 Å². The molecule has 0 fully saturated rings. The zero-order valence-electron chi connectivity index (χ0n) is 11.3. The van der Waals surface area contributed by atoms with E-state index < -0.39 is 0 Å². The molecular formula is C15H19BrN2. The summed E-state index contributed by atoms with van der Waals surface area (Å²) in [7, 11) is 1.96. The van der Waals surface area contributed by atoms with E-state index in [9.17, 15) is 0 Å². The maximum Gasteiger partial charge on any atom is 0.0870 e. The van der Waals surface area contributed by atoms with Gasteiger partial charge in [0, 0.05) is 28.3 Å². The van der Waals surface area contributed by atoms with Gasteiger partial charge in [-0.25, -0.2) is 0 Å². The molecule has 0 aliphatic heterocycles. The Morgan fingerprint density at radius 2 is 2.06 bits per heavy atom. The van der Waals surface area contributed by atoms with Crippen molar-refractivity contribution in [2.75, 3.05) is 12.4 Å². The lowest BCUT2D eigenvalue weighted by molar-refractivity contribution is 0.637. The third-order valence-corrected chi connectivity index (χ3v) is 4.05. The van der Waals surface area contributed by atoms with Crippen molar-refractivity contribution in [1.82, 2.24) is 4.98 Å². The fourth-order valence-corrected chi connectivity index (χ4v) is 2.58. The molecule has 2 aromatic rings. The highest BCUT2D eigenvalue weighted by molar-refractivity contribution is 9.10. The van der Waals surface area contributed by atoms with E-state index in [1.165, 1.54) is 10.9 Å². The van der Waals surface area contributed by atoms with E-state index >= 15 is 0 Å². The Morgan fingerprint density at radius 1 is 1.33 bits per heavy atom. The average Bonchev–Trinajstić information content (AvgIpc) is 2.32. The molecule has 1 aromatic carbocycles. The molecule has 1 aromatic heterocycles. The lowest BCUT2D eigenvalue weighted by atomic mass is 10.0. The Hall–Kier alpha value is -1.09. The van der Waals surface area contributed by atoms with Crippen LogP contribution in [0.15, 0.2) is 22.7 Å². The first-order valence-electron chi connectivity index (χ1n) is 6.29. The molecule has 0 unspecified atom stereocenters. The van der Waals surface area contributed by atoms with Crippen LogP contribution in [0, 0.1) is 12.8 Å². The van der Waals surface area contributed by atoms with Gasteiger partial charge in [-0.2, -0.15) is 0 Å². The molecule has 0 bridgehead atoms. The molecular weight excluding hydrogens is 288 g/mol. The normalized spacial score (nSPS) is 11.2. The molecule has 0 amide bonds. The van der Waals surface area contributed by atoms with Crippen molar-refractivity contribution in [3.8, 4) is 0 Å². The van der Waals surface area contributed by atoms with E-state index in [-0.39, 0.29) is 0 Å². The second-order valence-corrected chi connectivity index (χ2v) is 5.89. The Kier molecular flexibility index (Phi) is 3.91. The number of hydrogen-bond acceptors (Lipinski definition) is 2. The van der Waals surface area contributed by atoms with Crippen molar-refractivity contribution in [2.24, 2.45) is 5.92 Å². The third kappa shape index (κ3) is 2.51. The molecule has 96 valence electrons. The lowest BCUT2D eigenvalue weighted by Crippen LogP contribution is -2.01. The number of rotatable bonds is 3. The SMILES string of the molecule is CNc1cc(CC(C)C)nc2c(Br)c(C)ccc12. The van der Waals surface area contributed by atoms with Crippen LogP contribution < -0.4 is 5.32 Å². The number of fused-ring (bicyclic) bond motifs is 1. The molecule has 1 N–H and O–H groups in total. The second-order valence-electron chi connectivity index (χ2n) is 5.10. The monoisotopic (exact) mass is 306 g/mol. The Balaban J connectivity index is 2.68. The minimum atomic E-state index is 0.614. The van der Waals surface area contributed by atoms with Gasteiger partial charge in [-0.05, 0) is 46.8 Å². The Morgan fingerprint density at radius 3 is 2.67 bits per heavy atom. The molecule has 3 heteroatoms. The average molecular weight is 307 g/mol. The van der Waals surface area contributed by atoms with Gasteiger partial charge in [-0.15, -0.1) is 0 Å². The zero-order chi connectivity index (χ0) is 13.3. The van der Waals surface area contributed by atoms with Crippen molar-refractivity contribution in [3.05, 3.63) is 33.9 Å². The molecule has 0 spiro atoms. The summed E-state index contributed by atoms with van der Waals surface area (Å²) in [5.41, 5.74) is 4.57. The number of benzene rings is 1. The third-order valence-electron chi connectivity index (χ3n) is 3.05. The van der Waals surface area contributed by atoms with E-state index in [0.29, 0.717) is 5.92 Å². The number of hydrogen-bond donors (Lipinski definition) is 1. The zero-order valence-corrected chi connectivity index (χ0v) is 12.9. The lowest BCUT2D eigenvalue weighted by Gasteiger charge is -2.12. The summed E-state index contributed by atoms with van der Waals surface area (Å²) in [5.74, 6) is 0.614. The van der Waals surface area contributed by atoms with Gasteiger partial charge in [0.15, 0.2) is 0 Å². The highest BCUT2D eigenvalue weighted by Crippen LogP contribution is 2.31. The van der Waals surface area contributed by atoms with Crippen molar-refractivity contribution in [2.45, 2.75) is 27.2 Å². The summed E-state index contributed by atoms with van der Waals surface area (Å²) in [6.07, 6.45) is 1.00. The van der Waals surface area contributed by atoms with Crippen LogP contribution in [0.4, 0.5) is 5.69 Å². The largest absolute Gasteiger partial charge is 0.388 e. The van der Waals surface area contributed by atoms with Crippen molar-refractivity contribution in [1.29, 1.82) is 0 Å². The topological polar surface area (TPSA) is 24.9 Å². The van der Waals surface area contributed by atoms with Gasteiger partial charge in [0.1, 0.15) is 0 Å². The fourth-order valence-electron chi connectivity index (χ4n) is 2.14. The quantitative estimate of drug-likeness (QED) is 0.900. The van der Waals surface area contributed by atoms with Crippen LogP contribution in [0.1, 0.15) is 25.1 Å². The van der Waals surface area contributed by atoms with Gasteiger partial charge < -0.3 is 5.32 Å². The molecule has 0 saturated heterocycles. The molecule has 2 nitrogen and oxygen atoms in total. The van der Waals surface area contributed by atoms with Crippen LogP contribution in [0.3, 0.4) is 0 Å². The maximum atomic E-state index is 4.80. The standard InChI is InChI=1S/C15H19BrN2/c1-9(2)7-11-8-13(17-4)12-6-5-10(3)14(16)15(12)18-11/h5-6,8-9H,7H2,1-4H3,(H,17,18). The molecule has 2 rings (SSSR count). The number of aromatic nitrogens is 1. The molecule has 18 heavy (non-hydrogen) atoms. The van der Waals surface area contributed by atoms with E-state index in [0.717, 1.165) is 27.8 Å². The molecule has 0 atom stereocenters. The first-order chi connectivity index (χ1) is 8.52. The van der Waals surface area contributed by atoms with Crippen molar-refractivity contribution in [3.63, 3.8) is 0 Å². The molecule has 1 heterocycles. The van der Waals surface area contributed by atoms with Crippen LogP contribution in [-0.4, -0.2) is 12.0 Å². The van der Waals surface area contributed by atoms with Crippen LogP contribution in [-0.2, 0) is 6.42 Å². The van der Waals surface area contributed by atoms with E-state index in [1.54, 1.807) is 0 Å². The minimum absolute atomic E-state index is 0.614. The summed E-state index contributed by atoms with van der Waals surface area (Å²) in [5, 5.41) is 4.44. The summed E-state index contributed by atoms with van der Waals surface area (Å²) in [6.45, 7) is 6.53. The molecule has 0 aliphatic carbocycles. The summed E-state index contributed by atoms with van der Waals surface area (Å²) >= 11 is 3.65. The first-order valence-corrected chi connectivity index (χ1v) is 7.08. The second kappa shape index (κ2) is 5.27. The maximum absolute atomic E-state index is 4.80. The van der Waals surface area contributed by atoms with Crippen molar-refractivity contribution >= 4 is 32.5 Å². The van der Waals surface area contributed by atoms with Gasteiger partial charge in [0.25, 0.3) is 0 Å². The van der Waals surface area contributed by atoms with Crippen LogP contribution >= 0.6 is 15.9 Å². The Bertz CT molecular complexity index is 576. The number of nitrogens with one attached hydrogen (secondary N) is 1. The number of aryl methyl sites for hydroxylation is 1. The molecule has 0 aliphatic rings. The summed E-state index contributed by atoms with van der Waals surface area (Å²) < 4.78 is 1.10. The highest BCUT2D eigenvalue weighted by Gasteiger charge is 2.10. The van der Waals surface area contributed by atoms with E-state index in [1.807, 2.05) is 7.05 Å². The minimum Gasteiger partial charge on any atom is -0.388 e. The van der Waals surface area contributed by atoms with Crippen molar-refractivity contribution < 1.29 is 0 Å². The van der Waals surface area contributed by atoms with Crippen LogP contribution in [0.2, 0.25) is 0 Å². The number of pyridine rings is 1. The molecule has 0 radical (unpaired) electrons. The predicted molar refractivity (Wildman–Crippen MR) is 82.3 cm³/mol. The number of nitrogens with zero attached hydrogens (tertiary/aromatic N) is 1. The molecule has 0 saturated carbocycles. The fraction of sp³-hybridized carbons (Fsp3) is 0.400. The van der Waals surface area contributed by atoms with E-state index in [2.05, 4.69) is 60.2 Å². The van der Waals surface area contributed by atoms with Gasteiger partial charge in [-0.3, -0.25) is 4.98 Å². The highest BCUT2D eigenvalue weighted by atomic mass is 79.9. The predicted octanol–water partition coefficient (Wildman–Crippen LogP) is 4.55. The number of anilines is 1. The van der Waals surface area contributed by atoms with Gasteiger partial charge in [-0.1, -0.05) is 26.0 Å².